The van der Waals surface area contributed by atoms with Crippen LogP contribution in [-0.2, 0) is 0 Å². The molecule has 0 atom stereocenters. The number of nitrogens with one attached hydrogen (secondary N) is 2. The maximum atomic E-state index is 5.62. The maximum absolute atomic E-state index is 5.62. The van der Waals surface area contributed by atoms with Crippen LogP contribution in [0.25, 0.3) is 0 Å². The lowest BCUT2D eigenvalue weighted by Crippen LogP contribution is -2.49. The van der Waals surface area contributed by atoms with Gasteiger partial charge in [0, 0.05) is 24.8 Å². The van der Waals surface area contributed by atoms with Gasteiger partial charge in [-0.3, -0.25) is 0 Å². The van der Waals surface area contributed by atoms with Gasteiger partial charge in [-0.15, -0.1) is 35.6 Å². The van der Waals surface area contributed by atoms with E-state index in [0.29, 0.717) is 24.8 Å². The molecule has 6 heteroatoms. The molecule has 16 heavy (non-hydrogen) atoms. The molecule has 0 aliphatic carbocycles. The predicted molar refractivity (Wildman–Crippen MR) is 73.6 cm³/mol. The largest absolute Gasteiger partial charge is 0.242 e. The first-order valence-corrected chi connectivity index (χ1v) is 5.89. The van der Waals surface area contributed by atoms with E-state index >= 15 is 0 Å². The minimum atomic E-state index is 0. The summed E-state index contributed by atoms with van der Waals surface area (Å²) < 4.78 is 0. The van der Waals surface area contributed by atoms with Crippen LogP contribution in [0.5, 0.6) is 0 Å². The molecule has 0 aliphatic rings. The molecule has 0 saturated heterocycles. The summed E-state index contributed by atoms with van der Waals surface area (Å²) in [5, 5.41) is 1.84. The van der Waals surface area contributed by atoms with Gasteiger partial charge in [-0.2, -0.15) is 0 Å². The summed E-state index contributed by atoms with van der Waals surface area (Å²) in [6.07, 6.45) is 0. The number of anilines is 1. The molecule has 0 aromatic heterocycles. The molecule has 2 N–H and O–H groups in total. The average molecular weight is 285 g/mol. The molecule has 0 saturated carbocycles. The van der Waals surface area contributed by atoms with Gasteiger partial charge >= 0.3 is 0 Å². The van der Waals surface area contributed by atoms with Gasteiger partial charge in [0.1, 0.15) is 0 Å². The minimum Gasteiger partial charge on any atom is -0.242 e. The molecule has 0 bridgehead atoms. The number of halogens is 3. The molecule has 3 nitrogen and oxygen atoms in total. The smallest absolute Gasteiger partial charge is 0.0702 e. The number of hydrogen-bond acceptors (Lipinski definition) is 3. The van der Waals surface area contributed by atoms with Crippen molar-refractivity contribution in [2.24, 2.45) is 0 Å². The van der Waals surface area contributed by atoms with Gasteiger partial charge in [0.2, 0.25) is 0 Å². The van der Waals surface area contributed by atoms with E-state index in [0.717, 1.165) is 5.69 Å². The molecule has 0 radical (unpaired) electrons. The van der Waals surface area contributed by atoms with Crippen LogP contribution in [0.2, 0.25) is 0 Å². The minimum absolute atomic E-state index is 0. The van der Waals surface area contributed by atoms with E-state index in [4.69, 9.17) is 23.2 Å². The first kappa shape index (κ1) is 15.8. The van der Waals surface area contributed by atoms with Gasteiger partial charge < -0.3 is 0 Å². The van der Waals surface area contributed by atoms with Crippen molar-refractivity contribution in [3.8, 4) is 0 Å². The highest BCUT2D eigenvalue weighted by Gasteiger charge is 2.02. The number of benzene rings is 1. The molecular formula is C10H16Cl3N3. The molecule has 1 rings (SSSR count). The van der Waals surface area contributed by atoms with Crippen molar-refractivity contribution in [1.82, 2.24) is 10.9 Å². The summed E-state index contributed by atoms with van der Waals surface area (Å²) in [6.45, 7) is 1.40. The Morgan fingerprint density at radius 1 is 0.938 bits per heavy atom. The van der Waals surface area contributed by atoms with Gasteiger partial charge in [0.05, 0.1) is 5.69 Å². The highest BCUT2D eigenvalue weighted by Crippen LogP contribution is 2.08. The SMILES string of the molecule is Cl.ClCCNN(NCCCl)c1ccccc1. The first-order valence-electron chi connectivity index (χ1n) is 4.82. The second-order valence-corrected chi connectivity index (χ2v) is 3.62. The molecule has 0 heterocycles. The molecule has 0 aliphatic heterocycles. The zero-order valence-electron chi connectivity index (χ0n) is 8.83. The standard InChI is InChI=1S/C10H15Cl2N3.ClH/c11-6-8-13-15(14-9-7-12)10-4-2-1-3-5-10;/h1-5,13-14H,6-9H2;1H. The third kappa shape index (κ3) is 5.77. The summed E-state index contributed by atoms with van der Waals surface area (Å²) in [4.78, 5) is 0. The Morgan fingerprint density at radius 2 is 1.44 bits per heavy atom. The summed E-state index contributed by atoms with van der Waals surface area (Å²) in [6, 6.07) is 9.94. The molecule has 0 amide bonds. The topological polar surface area (TPSA) is 27.3 Å². The van der Waals surface area contributed by atoms with Crippen LogP contribution in [-0.4, -0.2) is 24.8 Å². The quantitative estimate of drug-likeness (QED) is 0.595. The Kier molecular flexibility index (Phi) is 9.88. The van der Waals surface area contributed by atoms with E-state index in [1.165, 1.54) is 0 Å². The van der Waals surface area contributed by atoms with Crippen molar-refractivity contribution in [3.05, 3.63) is 30.3 Å². The van der Waals surface area contributed by atoms with Gasteiger partial charge in [0.15, 0.2) is 0 Å². The van der Waals surface area contributed by atoms with Crippen LogP contribution in [0.15, 0.2) is 30.3 Å². The predicted octanol–water partition coefficient (Wildman–Crippen LogP) is 2.40. The van der Waals surface area contributed by atoms with E-state index in [-0.39, 0.29) is 12.4 Å². The Morgan fingerprint density at radius 3 is 1.88 bits per heavy atom. The number of para-hydroxylation sites is 1. The van der Waals surface area contributed by atoms with E-state index in [1.807, 2.05) is 35.4 Å². The third-order valence-electron chi connectivity index (χ3n) is 1.74. The summed E-state index contributed by atoms with van der Waals surface area (Å²) in [5.41, 5.74) is 7.34. The van der Waals surface area contributed by atoms with Crippen molar-refractivity contribution in [2.75, 3.05) is 30.0 Å². The van der Waals surface area contributed by atoms with Crippen molar-refractivity contribution >= 4 is 41.3 Å². The van der Waals surface area contributed by atoms with Crippen LogP contribution < -0.4 is 16.0 Å². The number of nitrogens with zero attached hydrogens (tertiary/aromatic N) is 1. The molecule has 0 unspecified atom stereocenters. The number of hydrogen-bond donors (Lipinski definition) is 2. The first-order chi connectivity index (χ1) is 7.38. The Labute approximate surface area is 112 Å². The van der Waals surface area contributed by atoms with Crippen molar-refractivity contribution in [3.63, 3.8) is 0 Å². The van der Waals surface area contributed by atoms with Gasteiger partial charge in [-0.25, -0.2) is 16.0 Å². The monoisotopic (exact) mass is 283 g/mol. The lowest BCUT2D eigenvalue weighted by Gasteiger charge is -2.25. The Bertz CT molecular complexity index is 251. The van der Waals surface area contributed by atoms with Crippen LogP contribution in [0.3, 0.4) is 0 Å². The van der Waals surface area contributed by atoms with Crippen LogP contribution in [0.1, 0.15) is 0 Å². The van der Waals surface area contributed by atoms with Crippen molar-refractivity contribution in [1.29, 1.82) is 0 Å². The fraction of sp³-hybridized carbons (Fsp3) is 0.400. The zero-order valence-corrected chi connectivity index (χ0v) is 11.2. The lowest BCUT2D eigenvalue weighted by atomic mass is 10.3. The van der Waals surface area contributed by atoms with Gasteiger partial charge in [-0.05, 0) is 12.1 Å². The second-order valence-electron chi connectivity index (χ2n) is 2.87. The molecule has 1 aromatic carbocycles. The van der Waals surface area contributed by atoms with Crippen molar-refractivity contribution in [2.45, 2.75) is 0 Å². The fourth-order valence-corrected chi connectivity index (χ4v) is 1.29. The molecule has 92 valence electrons. The third-order valence-corrected chi connectivity index (χ3v) is 2.12. The van der Waals surface area contributed by atoms with Gasteiger partial charge in [0.25, 0.3) is 0 Å². The maximum Gasteiger partial charge on any atom is 0.0702 e. The van der Waals surface area contributed by atoms with Crippen molar-refractivity contribution < 1.29 is 0 Å². The molecule has 0 spiro atoms. The van der Waals surface area contributed by atoms with E-state index < -0.39 is 0 Å². The number of rotatable bonds is 7. The summed E-state index contributed by atoms with van der Waals surface area (Å²) in [5.74, 6) is 1.12. The van der Waals surface area contributed by atoms with Crippen LogP contribution in [0.4, 0.5) is 5.69 Å². The highest BCUT2D eigenvalue weighted by molar-refractivity contribution is 6.18. The average Bonchev–Trinajstić information content (AvgIpc) is 2.30. The van der Waals surface area contributed by atoms with Crippen LogP contribution in [0, 0.1) is 0 Å². The Balaban J connectivity index is 0.00000225. The molecular weight excluding hydrogens is 268 g/mol. The van der Waals surface area contributed by atoms with E-state index in [2.05, 4.69) is 10.9 Å². The highest BCUT2D eigenvalue weighted by atomic mass is 35.5. The number of hydrazine groups is 2. The molecule has 1 aromatic rings. The van der Waals surface area contributed by atoms with Gasteiger partial charge in [-0.1, -0.05) is 18.2 Å². The van der Waals surface area contributed by atoms with E-state index in [1.54, 1.807) is 0 Å². The summed E-state index contributed by atoms with van der Waals surface area (Å²) in [7, 11) is 0. The van der Waals surface area contributed by atoms with Crippen LogP contribution >= 0.6 is 35.6 Å². The lowest BCUT2D eigenvalue weighted by molar-refractivity contribution is 0.553. The van der Waals surface area contributed by atoms with E-state index in [9.17, 15) is 0 Å². The molecule has 0 fully saturated rings. The zero-order chi connectivity index (χ0) is 10.9. The second kappa shape index (κ2) is 10.00. The fourth-order valence-electron chi connectivity index (χ4n) is 1.12. The summed E-state index contributed by atoms with van der Waals surface area (Å²) >= 11 is 11.2. The number of alkyl halides is 2. The normalized spacial score (nSPS) is 9.62. The Hall–Kier alpha value is -0.190.